The molecule has 4 N–H and O–H groups in total. The molecule has 0 amide bonds. The third kappa shape index (κ3) is 2.28. The number of nitrogens with two attached hydrogens (primary N) is 2. The van der Waals surface area contributed by atoms with Crippen molar-refractivity contribution < 1.29 is 4.79 Å². The van der Waals surface area contributed by atoms with E-state index in [1.54, 1.807) is 18.2 Å². The first-order valence-corrected chi connectivity index (χ1v) is 5.68. The normalized spacial score (nSPS) is 10.3. The van der Waals surface area contributed by atoms with Crippen molar-refractivity contribution in [3.8, 4) is 0 Å². The van der Waals surface area contributed by atoms with E-state index in [2.05, 4.69) is 4.98 Å². The molecular weight excluding hydrogens is 250 g/mol. The van der Waals surface area contributed by atoms with Gasteiger partial charge in [0, 0.05) is 17.4 Å². The van der Waals surface area contributed by atoms with Crippen LogP contribution in [0.1, 0.15) is 21.5 Å². The first-order valence-electron chi connectivity index (χ1n) is 5.31. The van der Waals surface area contributed by atoms with Crippen molar-refractivity contribution >= 4 is 28.9 Å². The van der Waals surface area contributed by atoms with Gasteiger partial charge in [-0.15, -0.1) is 0 Å². The summed E-state index contributed by atoms with van der Waals surface area (Å²) in [5, 5.41) is 0.375. The maximum Gasteiger partial charge on any atom is 0.196 e. The summed E-state index contributed by atoms with van der Waals surface area (Å²) in [4.78, 5) is 16.1. The smallest absolute Gasteiger partial charge is 0.196 e. The van der Waals surface area contributed by atoms with Crippen molar-refractivity contribution in [2.45, 2.75) is 6.92 Å². The number of rotatable bonds is 2. The average Bonchev–Trinajstić information content (AvgIpc) is 2.35. The lowest BCUT2D eigenvalue weighted by atomic mass is 10.0. The second-order valence-electron chi connectivity index (χ2n) is 3.99. The molecule has 0 aliphatic carbocycles. The molecule has 0 saturated carbocycles. The second kappa shape index (κ2) is 4.66. The van der Waals surface area contributed by atoms with E-state index >= 15 is 0 Å². The minimum absolute atomic E-state index is 0.166. The zero-order valence-electron chi connectivity index (χ0n) is 9.77. The SMILES string of the molecule is Cc1cc(C(=O)c2cc(Cl)cnc2N)ccc1N. The number of anilines is 2. The molecule has 1 aromatic heterocycles. The predicted octanol–water partition coefficient (Wildman–Crippen LogP) is 2.44. The Morgan fingerprint density at radius 2 is 2.00 bits per heavy atom. The fraction of sp³-hybridized carbons (Fsp3) is 0.0769. The van der Waals surface area contributed by atoms with Crippen LogP contribution in [0.5, 0.6) is 0 Å². The molecule has 1 aromatic carbocycles. The highest BCUT2D eigenvalue weighted by atomic mass is 35.5. The lowest BCUT2D eigenvalue weighted by Gasteiger charge is -2.06. The van der Waals surface area contributed by atoms with Crippen molar-refractivity contribution in [2.75, 3.05) is 11.5 Å². The highest BCUT2D eigenvalue weighted by Crippen LogP contribution is 2.21. The second-order valence-corrected chi connectivity index (χ2v) is 4.42. The summed E-state index contributed by atoms with van der Waals surface area (Å²) in [5.41, 5.74) is 13.7. The van der Waals surface area contributed by atoms with E-state index in [9.17, 15) is 4.79 Å². The summed E-state index contributed by atoms with van der Waals surface area (Å²) < 4.78 is 0. The Balaban J connectivity index is 2.47. The minimum atomic E-state index is -0.217. The third-order valence-electron chi connectivity index (χ3n) is 2.66. The average molecular weight is 262 g/mol. The molecule has 0 aliphatic heterocycles. The van der Waals surface area contributed by atoms with Crippen LogP contribution in [0.2, 0.25) is 5.02 Å². The van der Waals surface area contributed by atoms with Crippen LogP contribution >= 0.6 is 11.6 Å². The molecular formula is C13H12ClN3O. The monoisotopic (exact) mass is 261 g/mol. The number of aromatic nitrogens is 1. The van der Waals surface area contributed by atoms with E-state index in [4.69, 9.17) is 23.1 Å². The largest absolute Gasteiger partial charge is 0.399 e. The molecule has 0 fully saturated rings. The summed E-state index contributed by atoms with van der Waals surface area (Å²) in [6, 6.07) is 6.58. The Kier molecular flexibility index (Phi) is 3.21. The van der Waals surface area contributed by atoms with Crippen LogP contribution in [0.3, 0.4) is 0 Å². The van der Waals surface area contributed by atoms with Crippen molar-refractivity contribution in [1.29, 1.82) is 0 Å². The van der Waals surface area contributed by atoms with Gasteiger partial charge in [0.1, 0.15) is 5.82 Å². The number of aryl methyl sites for hydroxylation is 1. The Bertz CT molecular complexity index is 626. The maximum absolute atomic E-state index is 12.3. The Hall–Kier alpha value is -2.07. The maximum atomic E-state index is 12.3. The van der Waals surface area contributed by atoms with Crippen LogP contribution in [0.4, 0.5) is 11.5 Å². The summed E-state index contributed by atoms with van der Waals surface area (Å²) in [7, 11) is 0. The van der Waals surface area contributed by atoms with Gasteiger partial charge >= 0.3 is 0 Å². The first-order chi connectivity index (χ1) is 8.49. The summed E-state index contributed by atoms with van der Waals surface area (Å²) in [5.74, 6) is -0.0514. The number of nitrogen functional groups attached to an aromatic ring is 2. The number of hydrogen-bond acceptors (Lipinski definition) is 4. The molecule has 92 valence electrons. The predicted molar refractivity (Wildman–Crippen MR) is 72.7 cm³/mol. The van der Waals surface area contributed by atoms with Gasteiger partial charge in [-0.25, -0.2) is 4.98 Å². The molecule has 0 bridgehead atoms. The summed E-state index contributed by atoms with van der Waals surface area (Å²) >= 11 is 5.81. The fourth-order valence-electron chi connectivity index (χ4n) is 1.60. The highest BCUT2D eigenvalue weighted by Gasteiger charge is 2.14. The zero-order chi connectivity index (χ0) is 13.3. The van der Waals surface area contributed by atoms with Gasteiger partial charge < -0.3 is 11.5 Å². The van der Waals surface area contributed by atoms with Crippen molar-refractivity contribution in [3.05, 3.63) is 52.2 Å². The number of carbonyl (C=O) groups excluding carboxylic acids is 1. The van der Waals surface area contributed by atoms with E-state index in [0.717, 1.165) is 5.56 Å². The lowest BCUT2D eigenvalue weighted by Crippen LogP contribution is -2.07. The first kappa shape index (κ1) is 12.4. The van der Waals surface area contributed by atoms with Gasteiger partial charge in [0.15, 0.2) is 5.78 Å². The van der Waals surface area contributed by atoms with Gasteiger partial charge in [-0.2, -0.15) is 0 Å². The van der Waals surface area contributed by atoms with Gasteiger partial charge in [0.2, 0.25) is 0 Å². The fourth-order valence-corrected chi connectivity index (χ4v) is 1.76. The molecule has 0 atom stereocenters. The minimum Gasteiger partial charge on any atom is -0.399 e. The number of hydrogen-bond donors (Lipinski definition) is 2. The molecule has 4 nitrogen and oxygen atoms in total. The number of carbonyl (C=O) groups is 1. The van der Waals surface area contributed by atoms with Crippen LogP contribution in [-0.4, -0.2) is 10.8 Å². The molecule has 0 aliphatic rings. The topological polar surface area (TPSA) is 82.0 Å². The Morgan fingerprint density at radius 1 is 1.28 bits per heavy atom. The standard InChI is InChI=1S/C13H12ClN3O/c1-7-4-8(2-3-11(7)15)12(18)10-5-9(14)6-17-13(10)16/h2-6H,15H2,1H3,(H2,16,17). The molecule has 0 unspecified atom stereocenters. The number of pyridine rings is 1. The quantitative estimate of drug-likeness (QED) is 0.643. The molecule has 0 saturated heterocycles. The highest BCUT2D eigenvalue weighted by molar-refractivity contribution is 6.31. The van der Waals surface area contributed by atoms with E-state index in [1.165, 1.54) is 12.3 Å². The number of benzene rings is 1. The van der Waals surface area contributed by atoms with Gasteiger partial charge in [-0.1, -0.05) is 11.6 Å². The Labute approximate surface area is 110 Å². The van der Waals surface area contributed by atoms with Crippen LogP contribution in [0.25, 0.3) is 0 Å². The van der Waals surface area contributed by atoms with Gasteiger partial charge in [-0.05, 0) is 36.8 Å². The molecule has 2 aromatic rings. The van der Waals surface area contributed by atoms with Crippen LogP contribution in [0, 0.1) is 6.92 Å². The van der Waals surface area contributed by atoms with E-state index in [1.807, 2.05) is 6.92 Å². The van der Waals surface area contributed by atoms with E-state index < -0.39 is 0 Å². The number of nitrogens with zero attached hydrogens (tertiary/aromatic N) is 1. The molecule has 5 heteroatoms. The van der Waals surface area contributed by atoms with Crippen molar-refractivity contribution in [1.82, 2.24) is 4.98 Å². The van der Waals surface area contributed by atoms with Gasteiger partial charge in [0.25, 0.3) is 0 Å². The van der Waals surface area contributed by atoms with Gasteiger partial charge in [0.05, 0.1) is 10.6 Å². The van der Waals surface area contributed by atoms with E-state index in [0.29, 0.717) is 21.8 Å². The van der Waals surface area contributed by atoms with Crippen molar-refractivity contribution in [2.24, 2.45) is 0 Å². The lowest BCUT2D eigenvalue weighted by molar-refractivity contribution is 0.103. The number of ketones is 1. The summed E-state index contributed by atoms with van der Waals surface area (Å²) in [6.07, 6.45) is 1.40. The molecule has 0 spiro atoms. The number of halogens is 1. The third-order valence-corrected chi connectivity index (χ3v) is 2.87. The van der Waals surface area contributed by atoms with Crippen LogP contribution < -0.4 is 11.5 Å². The van der Waals surface area contributed by atoms with Crippen LogP contribution in [-0.2, 0) is 0 Å². The molecule has 18 heavy (non-hydrogen) atoms. The van der Waals surface area contributed by atoms with E-state index in [-0.39, 0.29) is 11.6 Å². The summed E-state index contributed by atoms with van der Waals surface area (Å²) in [6.45, 7) is 1.84. The molecule has 0 radical (unpaired) electrons. The molecule has 1 heterocycles. The molecule has 2 rings (SSSR count). The van der Waals surface area contributed by atoms with Crippen LogP contribution in [0.15, 0.2) is 30.5 Å². The zero-order valence-corrected chi connectivity index (χ0v) is 10.5. The van der Waals surface area contributed by atoms with Gasteiger partial charge in [-0.3, -0.25) is 4.79 Å². The Morgan fingerprint density at radius 3 is 2.67 bits per heavy atom. The van der Waals surface area contributed by atoms with Crippen molar-refractivity contribution in [3.63, 3.8) is 0 Å².